The van der Waals surface area contributed by atoms with Crippen LogP contribution in [0.1, 0.15) is 84.7 Å². The Morgan fingerprint density at radius 3 is 1.30 bits per heavy atom. The number of halogens is 1. The average molecular weight is 635 g/mol. The molecule has 0 saturated heterocycles. The van der Waals surface area contributed by atoms with Crippen LogP contribution in [0.5, 0.6) is 0 Å². The van der Waals surface area contributed by atoms with Gasteiger partial charge in [-0.25, -0.2) is 0 Å². The van der Waals surface area contributed by atoms with Crippen LogP contribution in [0.25, 0.3) is 0 Å². The highest BCUT2D eigenvalue weighted by Gasteiger charge is 2.15. The standard InChI is InChI=1S/C13H19NS.C13H15NS.C8H6BrN/c2*14-9-11-5-7-12(8-6-11)10-15-13-3-1-2-4-13;9-5-7-1-3-8(6-10)4-2-7/h5-8,13H,1-4,9-10,14H2;5-8,13H,1-4,10H2;1-4H,5H2. The second-order valence-electron chi connectivity index (χ2n) is 10.2. The van der Waals surface area contributed by atoms with E-state index in [0.29, 0.717) is 12.1 Å². The summed E-state index contributed by atoms with van der Waals surface area (Å²) in [6, 6.07) is 28.4. The van der Waals surface area contributed by atoms with E-state index in [1.54, 1.807) is 0 Å². The molecule has 6 heteroatoms. The lowest BCUT2D eigenvalue weighted by molar-refractivity contribution is 0.886. The number of hydrogen-bond donors (Lipinski definition) is 1. The Labute approximate surface area is 258 Å². The first-order valence-electron chi connectivity index (χ1n) is 14.2. The molecule has 3 aromatic carbocycles. The maximum atomic E-state index is 8.68. The van der Waals surface area contributed by atoms with Crippen LogP contribution in [-0.2, 0) is 23.4 Å². The van der Waals surface area contributed by atoms with Crippen LogP contribution in [0.4, 0.5) is 0 Å². The van der Waals surface area contributed by atoms with Crippen LogP contribution >= 0.6 is 39.5 Å². The van der Waals surface area contributed by atoms with E-state index in [-0.39, 0.29) is 0 Å². The molecular formula is C34H40BrN3S2. The van der Waals surface area contributed by atoms with Crippen molar-refractivity contribution in [2.24, 2.45) is 5.73 Å². The van der Waals surface area contributed by atoms with E-state index in [9.17, 15) is 0 Å². The molecule has 0 radical (unpaired) electrons. The molecule has 0 aliphatic heterocycles. The molecule has 0 amide bonds. The van der Waals surface area contributed by atoms with Gasteiger partial charge in [-0.3, -0.25) is 0 Å². The van der Waals surface area contributed by atoms with Gasteiger partial charge in [0.25, 0.3) is 0 Å². The van der Waals surface area contributed by atoms with Gasteiger partial charge in [-0.15, -0.1) is 0 Å². The third-order valence-corrected chi connectivity index (χ3v) is 10.7. The lowest BCUT2D eigenvalue weighted by Crippen LogP contribution is -1.97. The minimum atomic E-state index is 0.649. The number of thioether (sulfide) groups is 2. The Kier molecular flexibility index (Phi) is 15.3. The molecule has 2 N–H and O–H groups in total. The summed E-state index contributed by atoms with van der Waals surface area (Å²) in [5, 5.41) is 19.8. The minimum absolute atomic E-state index is 0.649. The van der Waals surface area contributed by atoms with Crippen molar-refractivity contribution in [1.29, 1.82) is 10.5 Å². The summed E-state index contributed by atoms with van der Waals surface area (Å²) in [6.45, 7) is 0.649. The molecule has 5 rings (SSSR count). The average Bonchev–Trinajstić information content (AvgIpc) is 3.75. The molecule has 210 valence electrons. The minimum Gasteiger partial charge on any atom is -0.326 e. The highest BCUT2D eigenvalue weighted by molar-refractivity contribution is 9.08. The number of nitrogens with two attached hydrogens (primary N) is 1. The topological polar surface area (TPSA) is 73.6 Å². The first-order chi connectivity index (χ1) is 19.6. The van der Waals surface area contributed by atoms with E-state index < -0.39 is 0 Å². The van der Waals surface area contributed by atoms with Gasteiger partial charge in [0.05, 0.1) is 23.3 Å². The van der Waals surface area contributed by atoms with Crippen molar-refractivity contribution < 1.29 is 0 Å². The Balaban J connectivity index is 0.000000169. The van der Waals surface area contributed by atoms with Crippen molar-refractivity contribution in [3.63, 3.8) is 0 Å². The summed E-state index contributed by atoms with van der Waals surface area (Å²) in [7, 11) is 0. The summed E-state index contributed by atoms with van der Waals surface area (Å²) >= 11 is 7.51. The number of rotatable bonds is 8. The number of nitriles is 2. The normalized spacial score (nSPS) is 14.8. The summed E-state index contributed by atoms with van der Waals surface area (Å²) in [6.07, 6.45) is 11.3. The molecule has 2 saturated carbocycles. The monoisotopic (exact) mass is 633 g/mol. The summed E-state index contributed by atoms with van der Waals surface area (Å²) < 4.78 is 0. The van der Waals surface area contributed by atoms with Gasteiger partial charge in [0.2, 0.25) is 0 Å². The van der Waals surface area contributed by atoms with Gasteiger partial charge in [0.1, 0.15) is 0 Å². The van der Waals surface area contributed by atoms with Crippen molar-refractivity contribution >= 4 is 39.5 Å². The third-order valence-electron chi connectivity index (χ3n) is 7.15. The summed E-state index contributed by atoms with van der Waals surface area (Å²) in [5.74, 6) is 2.26. The van der Waals surface area contributed by atoms with Crippen LogP contribution in [0.3, 0.4) is 0 Å². The molecule has 0 heterocycles. The number of alkyl halides is 1. The zero-order valence-corrected chi connectivity index (χ0v) is 26.5. The second-order valence-corrected chi connectivity index (χ2v) is 13.3. The molecule has 0 bridgehead atoms. The third kappa shape index (κ3) is 12.1. The van der Waals surface area contributed by atoms with Crippen molar-refractivity contribution in [2.75, 3.05) is 0 Å². The maximum Gasteiger partial charge on any atom is 0.0991 e. The van der Waals surface area contributed by atoms with E-state index in [2.05, 4.69) is 88.0 Å². The van der Waals surface area contributed by atoms with Crippen LogP contribution in [0.15, 0.2) is 72.8 Å². The molecule has 2 aliphatic carbocycles. The van der Waals surface area contributed by atoms with Gasteiger partial charge >= 0.3 is 0 Å². The number of benzene rings is 3. The van der Waals surface area contributed by atoms with E-state index in [0.717, 1.165) is 32.9 Å². The van der Waals surface area contributed by atoms with Gasteiger partial charge in [-0.05, 0) is 72.2 Å². The van der Waals surface area contributed by atoms with E-state index in [4.69, 9.17) is 16.3 Å². The zero-order valence-electron chi connectivity index (χ0n) is 23.2. The lowest BCUT2D eigenvalue weighted by Gasteiger charge is -2.08. The Morgan fingerprint density at radius 1 is 0.600 bits per heavy atom. The molecule has 2 fully saturated rings. The van der Waals surface area contributed by atoms with E-state index in [1.807, 2.05) is 36.4 Å². The molecule has 40 heavy (non-hydrogen) atoms. The predicted molar refractivity (Wildman–Crippen MR) is 176 cm³/mol. The largest absolute Gasteiger partial charge is 0.326 e. The molecule has 0 atom stereocenters. The van der Waals surface area contributed by atoms with Crippen molar-refractivity contribution in [3.8, 4) is 12.1 Å². The predicted octanol–water partition coefficient (Wildman–Crippen LogP) is 9.51. The van der Waals surface area contributed by atoms with E-state index in [1.165, 1.54) is 73.6 Å². The Hall–Kier alpha value is -2.22. The summed E-state index contributed by atoms with van der Waals surface area (Å²) in [5.41, 5.74) is 12.2. The molecule has 2 aliphatic rings. The fourth-order valence-electron chi connectivity index (χ4n) is 4.65. The zero-order chi connectivity index (χ0) is 28.4. The van der Waals surface area contributed by atoms with Crippen molar-refractivity contribution in [1.82, 2.24) is 0 Å². The molecular weight excluding hydrogens is 594 g/mol. The van der Waals surface area contributed by atoms with Crippen molar-refractivity contribution in [3.05, 3.63) is 106 Å². The van der Waals surface area contributed by atoms with Gasteiger partial charge < -0.3 is 5.73 Å². The molecule has 0 aromatic heterocycles. The fourth-order valence-corrected chi connectivity index (χ4v) is 7.60. The lowest BCUT2D eigenvalue weighted by atomic mass is 10.1. The SMILES string of the molecule is N#Cc1ccc(CBr)cc1.N#Cc1ccc(CSC2CCCC2)cc1.NCc1ccc(CSC2CCCC2)cc1. The molecule has 3 nitrogen and oxygen atoms in total. The number of nitrogens with zero attached hydrogens (tertiary/aromatic N) is 2. The molecule has 3 aromatic rings. The first-order valence-corrected chi connectivity index (χ1v) is 17.4. The van der Waals surface area contributed by atoms with Gasteiger partial charge in [0.15, 0.2) is 0 Å². The van der Waals surface area contributed by atoms with Crippen LogP contribution in [0, 0.1) is 22.7 Å². The Morgan fingerprint density at radius 2 is 0.950 bits per heavy atom. The highest BCUT2D eigenvalue weighted by Crippen LogP contribution is 2.32. The first kappa shape index (κ1) is 32.3. The van der Waals surface area contributed by atoms with Crippen molar-refractivity contribution in [2.45, 2.75) is 85.2 Å². The smallest absolute Gasteiger partial charge is 0.0991 e. The quantitative estimate of drug-likeness (QED) is 0.250. The van der Waals surface area contributed by atoms with E-state index >= 15 is 0 Å². The molecule has 0 unspecified atom stereocenters. The van der Waals surface area contributed by atoms with Gasteiger partial charge in [-0.1, -0.05) is 90.1 Å². The highest BCUT2D eigenvalue weighted by atomic mass is 79.9. The summed E-state index contributed by atoms with van der Waals surface area (Å²) in [4.78, 5) is 0. The maximum absolute atomic E-state index is 8.68. The van der Waals surface area contributed by atoms with Crippen LogP contribution in [-0.4, -0.2) is 10.5 Å². The second kappa shape index (κ2) is 19.0. The van der Waals surface area contributed by atoms with Crippen LogP contribution < -0.4 is 5.73 Å². The molecule has 0 spiro atoms. The Bertz CT molecular complexity index is 1190. The fraction of sp³-hybridized carbons (Fsp3) is 0.412. The van der Waals surface area contributed by atoms with Crippen LogP contribution in [0.2, 0.25) is 0 Å². The number of hydrogen-bond acceptors (Lipinski definition) is 5. The van der Waals surface area contributed by atoms with Gasteiger partial charge in [0, 0.05) is 33.9 Å². The van der Waals surface area contributed by atoms with Gasteiger partial charge in [-0.2, -0.15) is 34.0 Å².